The van der Waals surface area contributed by atoms with Gasteiger partial charge in [0, 0.05) is 41.7 Å². The number of rotatable bonds is 5. The van der Waals surface area contributed by atoms with Crippen LogP contribution in [0.2, 0.25) is 0 Å². The highest BCUT2D eigenvalue weighted by molar-refractivity contribution is 8.00. The lowest BCUT2D eigenvalue weighted by Gasteiger charge is -2.38. The topological polar surface area (TPSA) is 63.6 Å². The first-order chi connectivity index (χ1) is 16.6. The molecule has 1 aliphatic carbocycles. The highest BCUT2D eigenvalue weighted by Gasteiger charge is 2.42. The second kappa shape index (κ2) is 9.74. The molecule has 0 spiro atoms. The first-order valence-electron chi connectivity index (χ1n) is 12.0. The molecule has 2 aliphatic rings. The van der Waals surface area contributed by atoms with E-state index in [4.69, 9.17) is 4.74 Å². The number of carbonyl (C=O) groups is 2. The first kappa shape index (κ1) is 22.8. The van der Waals surface area contributed by atoms with Gasteiger partial charge in [-0.1, -0.05) is 67.4 Å². The van der Waals surface area contributed by atoms with E-state index < -0.39 is 6.04 Å². The van der Waals surface area contributed by atoms with Gasteiger partial charge in [0.15, 0.2) is 0 Å². The van der Waals surface area contributed by atoms with E-state index in [0.717, 1.165) is 58.5 Å². The zero-order chi connectivity index (χ0) is 23.7. The second-order valence-corrected chi connectivity index (χ2v) is 10.1. The van der Waals surface area contributed by atoms with E-state index in [1.165, 1.54) is 6.42 Å². The molecule has 0 radical (unpaired) electrons. The predicted molar refractivity (Wildman–Crippen MR) is 135 cm³/mol. The largest absolute Gasteiger partial charge is 0.496 e. The van der Waals surface area contributed by atoms with Gasteiger partial charge in [-0.3, -0.25) is 9.59 Å². The number of nitrogens with zero attached hydrogens (tertiary/aromatic N) is 2. The molecule has 2 aromatic carbocycles. The lowest BCUT2D eigenvalue weighted by Crippen LogP contribution is -2.49. The number of amides is 2. The summed E-state index contributed by atoms with van der Waals surface area (Å²) in [7, 11) is 3.66. The summed E-state index contributed by atoms with van der Waals surface area (Å²) in [4.78, 5) is 29.4. The van der Waals surface area contributed by atoms with E-state index in [0.29, 0.717) is 12.3 Å². The zero-order valence-corrected chi connectivity index (χ0v) is 20.6. The number of ether oxygens (including phenoxy) is 1. The van der Waals surface area contributed by atoms with E-state index in [1.54, 1.807) is 18.9 Å². The predicted octanol–water partition coefficient (Wildman–Crippen LogP) is 4.81. The van der Waals surface area contributed by atoms with Crippen molar-refractivity contribution in [3.8, 4) is 5.75 Å². The number of fused-ring (bicyclic) bond motifs is 3. The molecular formula is C27H31N3O3S. The van der Waals surface area contributed by atoms with Crippen LogP contribution in [0.5, 0.6) is 5.75 Å². The van der Waals surface area contributed by atoms with Gasteiger partial charge in [0.2, 0.25) is 11.8 Å². The van der Waals surface area contributed by atoms with Crippen LogP contribution in [0.3, 0.4) is 0 Å². The molecule has 1 N–H and O–H groups in total. The monoisotopic (exact) mass is 477 g/mol. The zero-order valence-electron chi connectivity index (χ0n) is 19.8. The van der Waals surface area contributed by atoms with Gasteiger partial charge in [-0.05, 0) is 25.0 Å². The van der Waals surface area contributed by atoms with Gasteiger partial charge in [0.1, 0.15) is 11.8 Å². The third kappa shape index (κ3) is 4.06. The van der Waals surface area contributed by atoms with Crippen molar-refractivity contribution < 1.29 is 14.3 Å². The van der Waals surface area contributed by atoms with Crippen molar-refractivity contribution in [2.45, 2.75) is 55.8 Å². The average Bonchev–Trinajstić information content (AvgIpc) is 3.05. The molecule has 0 saturated heterocycles. The minimum Gasteiger partial charge on any atom is -0.496 e. The summed E-state index contributed by atoms with van der Waals surface area (Å²) in [5.41, 5.74) is 2.95. The SMILES string of the molecule is COc1ccccc1CNC(=O)[C@H]1c2c(n(C)c3ccccc23)SCC(=O)N1C1CCCCC1. The number of para-hydroxylation sites is 2. The third-order valence-corrected chi connectivity index (χ3v) is 8.28. The van der Waals surface area contributed by atoms with Gasteiger partial charge in [0.05, 0.1) is 17.9 Å². The Morgan fingerprint density at radius 3 is 2.62 bits per heavy atom. The molecule has 1 saturated carbocycles. The summed E-state index contributed by atoms with van der Waals surface area (Å²) < 4.78 is 7.60. The molecule has 2 heterocycles. The van der Waals surface area contributed by atoms with Crippen LogP contribution in [0.15, 0.2) is 53.6 Å². The fourth-order valence-corrected chi connectivity index (χ4v) is 6.56. The summed E-state index contributed by atoms with van der Waals surface area (Å²) in [5, 5.41) is 5.19. The van der Waals surface area contributed by atoms with E-state index >= 15 is 0 Å². The molecule has 0 bridgehead atoms. The number of methoxy groups -OCH3 is 1. The van der Waals surface area contributed by atoms with E-state index in [1.807, 2.05) is 48.3 Å². The molecule has 6 nitrogen and oxygen atoms in total. The van der Waals surface area contributed by atoms with Crippen molar-refractivity contribution in [2.24, 2.45) is 7.05 Å². The quantitative estimate of drug-likeness (QED) is 0.573. The van der Waals surface area contributed by atoms with Crippen molar-refractivity contribution in [2.75, 3.05) is 12.9 Å². The molecule has 178 valence electrons. The van der Waals surface area contributed by atoms with Crippen LogP contribution in [0.1, 0.15) is 49.3 Å². The van der Waals surface area contributed by atoms with E-state index in [-0.39, 0.29) is 17.9 Å². The molecular weight excluding hydrogens is 446 g/mol. The van der Waals surface area contributed by atoms with Crippen LogP contribution in [-0.2, 0) is 23.2 Å². The fourth-order valence-electron chi connectivity index (χ4n) is 5.48. The van der Waals surface area contributed by atoms with Crippen molar-refractivity contribution in [3.05, 3.63) is 59.7 Å². The Balaban J connectivity index is 1.58. The minimum atomic E-state index is -0.651. The molecule has 7 heteroatoms. The van der Waals surface area contributed by atoms with Gasteiger partial charge in [-0.2, -0.15) is 0 Å². The number of aromatic nitrogens is 1. The van der Waals surface area contributed by atoms with Crippen LogP contribution >= 0.6 is 11.8 Å². The smallest absolute Gasteiger partial charge is 0.247 e. The lowest BCUT2D eigenvalue weighted by atomic mass is 9.91. The maximum atomic E-state index is 14.0. The standard InChI is InChI=1S/C27H31N3O3S/c1-29-21-14-8-7-13-20(21)24-25(26(32)28-16-18-10-6-9-15-22(18)33-2)30(19-11-4-3-5-12-19)23(31)17-34-27(24)29/h6-10,13-15,19,25H,3-5,11-12,16-17H2,1-2H3,(H,28,32)/t25-/m1/s1. The van der Waals surface area contributed by atoms with Gasteiger partial charge in [-0.25, -0.2) is 0 Å². The summed E-state index contributed by atoms with van der Waals surface area (Å²) in [6.07, 6.45) is 5.29. The van der Waals surface area contributed by atoms with E-state index in [2.05, 4.69) is 22.0 Å². The maximum absolute atomic E-state index is 14.0. The highest BCUT2D eigenvalue weighted by Crippen LogP contribution is 2.44. The van der Waals surface area contributed by atoms with Crippen LogP contribution < -0.4 is 10.1 Å². The Kier molecular flexibility index (Phi) is 6.55. The Morgan fingerprint density at radius 2 is 1.82 bits per heavy atom. The molecule has 1 fully saturated rings. The molecule has 0 unspecified atom stereocenters. The van der Waals surface area contributed by atoms with Crippen LogP contribution in [0.4, 0.5) is 0 Å². The molecule has 34 heavy (non-hydrogen) atoms. The van der Waals surface area contributed by atoms with Gasteiger partial charge in [-0.15, -0.1) is 0 Å². The van der Waals surface area contributed by atoms with Gasteiger partial charge < -0.3 is 19.5 Å². The van der Waals surface area contributed by atoms with Gasteiger partial charge >= 0.3 is 0 Å². The molecule has 3 aromatic rings. The van der Waals surface area contributed by atoms with Crippen LogP contribution in [-0.4, -0.2) is 40.2 Å². The Bertz CT molecular complexity index is 1220. The number of aryl methyl sites for hydroxylation is 1. The Labute approximate surface area is 204 Å². The summed E-state index contributed by atoms with van der Waals surface area (Å²) in [5.74, 6) is 1.01. The third-order valence-electron chi connectivity index (χ3n) is 7.12. The molecule has 1 atom stereocenters. The molecule has 5 rings (SSSR count). The summed E-state index contributed by atoms with van der Waals surface area (Å²) in [6, 6.07) is 15.3. The minimum absolute atomic E-state index is 0.0506. The lowest BCUT2D eigenvalue weighted by molar-refractivity contribution is -0.142. The normalized spacial score (nSPS) is 19.1. The summed E-state index contributed by atoms with van der Waals surface area (Å²) in [6.45, 7) is 0.347. The Morgan fingerprint density at radius 1 is 1.09 bits per heavy atom. The number of hydrogen-bond donors (Lipinski definition) is 1. The number of carbonyl (C=O) groups excluding carboxylic acids is 2. The van der Waals surface area contributed by atoms with Crippen molar-refractivity contribution in [1.29, 1.82) is 0 Å². The fraction of sp³-hybridized carbons (Fsp3) is 0.407. The number of benzene rings is 2. The number of nitrogens with one attached hydrogen (secondary N) is 1. The first-order valence-corrected chi connectivity index (χ1v) is 13.0. The van der Waals surface area contributed by atoms with Crippen molar-refractivity contribution in [3.63, 3.8) is 0 Å². The molecule has 2 amide bonds. The molecule has 1 aliphatic heterocycles. The van der Waals surface area contributed by atoms with Gasteiger partial charge in [0.25, 0.3) is 0 Å². The summed E-state index contributed by atoms with van der Waals surface area (Å²) >= 11 is 1.55. The average molecular weight is 478 g/mol. The van der Waals surface area contributed by atoms with Crippen LogP contribution in [0, 0.1) is 0 Å². The number of thioether (sulfide) groups is 1. The molecule has 1 aromatic heterocycles. The van der Waals surface area contributed by atoms with E-state index in [9.17, 15) is 9.59 Å². The van der Waals surface area contributed by atoms with Crippen molar-refractivity contribution >= 4 is 34.5 Å². The van der Waals surface area contributed by atoms with Crippen LogP contribution in [0.25, 0.3) is 10.9 Å². The Hall–Kier alpha value is -2.93. The maximum Gasteiger partial charge on any atom is 0.247 e. The van der Waals surface area contributed by atoms with Crippen molar-refractivity contribution in [1.82, 2.24) is 14.8 Å². The second-order valence-electron chi connectivity index (χ2n) is 9.11. The number of hydrogen-bond acceptors (Lipinski definition) is 4. The highest BCUT2D eigenvalue weighted by atomic mass is 32.2.